The SMILES string of the molecule is Cl.NC(=O)C1CCC(CNC(=O)[C@@]23CCCC[C@H]2CNC3)O1. The number of carbonyl (C=O) groups excluding carboxylic acids is 2. The van der Waals surface area contributed by atoms with Gasteiger partial charge < -0.3 is 21.1 Å². The molecule has 3 aliphatic rings. The van der Waals surface area contributed by atoms with Gasteiger partial charge in [-0.15, -0.1) is 12.4 Å². The number of carbonyl (C=O) groups is 2. The molecular weight excluding hydrogens is 306 g/mol. The molecule has 2 unspecified atom stereocenters. The standard InChI is InChI=1S/C15H25N3O3.ClH/c16-13(19)12-5-4-11(21-12)8-18-14(20)15-6-2-1-3-10(15)7-17-9-15;/h10-12,17H,1-9H2,(H2,16,19)(H,18,20);1H/t10-,11?,12?,15+;/m0./s1. The van der Waals surface area contributed by atoms with Crippen molar-refractivity contribution >= 4 is 24.2 Å². The maximum Gasteiger partial charge on any atom is 0.246 e. The lowest BCUT2D eigenvalue weighted by Crippen LogP contribution is -2.49. The second-order valence-corrected chi connectivity index (χ2v) is 6.67. The van der Waals surface area contributed by atoms with Crippen molar-refractivity contribution in [1.82, 2.24) is 10.6 Å². The topological polar surface area (TPSA) is 93.5 Å². The van der Waals surface area contributed by atoms with E-state index in [0.29, 0.717) is 18.9 Å². The number of nitrogens with one attached hydrogen (secondary N) is 2. The zero-order valence-electron chi connectivity index (χ0n) is 12.8. The third-order valence-corrected chi connectivity index (χ3v) is 5.41. The predicted octanol–water partition coefficient (Wildman–Crippen LogP) is 0.337. The molecule has 0 spiro atoms. The van der Waals surface area contributed by atoms with Gasteiger partial charge in [0.2, 0.25) is 11.8 Å². The number of rotatable bonds is 4. The molecule has 0 aromatic rings. The number of nitrogens with two attached hydrogens (primary N) is 1. The number of fused-ring (bicyclic) bond motifs is 1. The molecule has 126 valence electrons. The lowest BCUT2D eigenvalue weighted by Gasteiger charge is -2.37. The minimum atomic E-state index is -0.486. The molecule has 1 saturated carbocycles. The largest absolute Gasteiger partial charge is 0.367 e. The molecular formula is C15H26ClN3O3. The smallest absolute Gasteiger partial charge is 0.246 e. The minimum absolute atomic E-state index is 0. The van der Waals surface area contributed by atoms with Gasteiger partial charge in [0.15, 0.2) is 0 Å². The van der Waals surface area contributed by atoms with Gasteiger partial charge in [-0.1, -0.05) is 12.8 Å². The van der Waals surface area contributed by atoms with Gasteiger partial charge in [-0.25, -0.2) is 0 Å². The first-order valence-corrected chi connectivity index (χ1v) is 8.05. The second-order valence-electron chi connectivity index (χ2n) is 6.67. The monoisotopic (exact) mass is 331 g/mol. The van der Waals surface area contributed by atoms with Crippen LogP contribution in [0, 0.1) is 11.3 Å². The van der Waals surface area contributed by atoms with E-state index < -0.39 is 12.0 Å². The van der Waals surface area contributed by atoms with E-state index in [9.17, 15) is 9.59 Å². The summed E-state index contributed by atoms with van der Waals surface area (Å²) in [6.07, 6.45) is 5.35. The van der Waals surface area contributed by atoms with Gasteiger partial charge in [-0.3, -0.25) is 9.59 Å². The molecule has 3 fully saturated rings. The van der Waals surface area contributed by atoms with Crippen LogP contribution in [0.25, 0.3) is 0 Å². The molecule has 2 aliphatic heterocycles. The van der Waals surface area contributed by atoms with Crippen molar-refractivity contribution in [2.45, 2.75) is 50.7 Å². The molecule has 7 heteroatoms. The lowest BCUT2D eigenvalue weighted by molar-refractivity contribution is -0.135. The summed E-state index contributed by atoms with van der Waals surface area (Å²) in [7, 11) is 0. The average molecular weight is 332 g/mol. The highest BCUT2D eigenvalue weighted by Gasteiger charge is 2.49. The highest BCUT2D eigenvalue weighted by atomic mass is 35.5. The van der Waals surface area contributed by atoms with Crippen molar-refractivity contribution in [3.63, 3.8) is 0 Å². The van der Waals surface area contributed by atoms with Gasteiger partial charge in [0.1, 0.15) is 6.10 Å². The van der Waals surface area contributed by atoms with Gasteiger partial charge in [0.05, 0.1) is 11.5 Å². The zero-order chi connectivity index (χ0) is 14.9. The molecule has 2 amide bonds. The van der Waals surface area contributed by atoms with Gasteiger partial charge in [0, 0.05) is 13.1 Å². The summed E-state index contributed by atoms with van der Waals surface area (Å²) in [5, 5.41) is 6.44. The Balaban J connectivity index is 0.00000176. The van der Waals surface area contributed by atoms with Gasteiger partial charge in [-0.05, 0) is 38.1 Å². The fourth-order valence-corrected chi connectivity index (χ4v) is 4.14. The number of hydrogen-bond acceptors (Lipinski definition) is 4. The fourth-order valence-electron chi connectivity index (χ4n) is 4.14. The van der Waals surface area contributed by atoms with E-state index in [1.54, 1.807) is 0 Å². The van der Waals surface area contributed by atoms with E-state index >= 15 is 0 Å². The van der Waals surface area contributed by atoms with Crippen molar-refractivity contribution in [3.05, 3.63) is 0 Å². The molecule has 1 aliphatic carbocycles. The van der Waals surface area contributed by atoms with E-state index in [-0.39, 0.29) is 29.8 Å². The zero-order valence-corrected chi connectivity index (χ0v) is 13.6. The van der Waals surface area contributed by atoms with Gasteiger partial charge in [0.25, 0.3) is 0 Å². The van der Waals surface area contributed by atoms with Crippen LogP contribution in [-0.4, -0.2) is 43.7 Å². The predicted molar refractivity (Wildman–Crippen MR) is 84.6 cm³/mol. The molecule has 2 heterocycles. The lowest BCUT2D eigenvalue weighted by atomic mass is 9.67. The van der Waals surface area contributed by atoms with Crippen LogP contribution in [0.15, 0.2) is 0 Å². The first-order chi connectivity index (χ1) is 10.1. The molecule has 3 rings (SSSR count). The maximum atomic E-state index is 12.7. The first-order valence-electron chi connectivity index (χ1n) is 8.05. The van der Waals surface area contributed by atoms with Crippen LogP contribution in [0.1, 0.15) is 38.5 Å². The summed E-state index contributed by atoms with van der Waals surface area (Å²) in [4.78, 5) is 23.8. The van der Waals surface area contributed by atoms with Gasteiger partial charge in [-0.2, -0.15) is 0 Å². The van der Waals surface area contributed by atoms with Crippen LogP contribution in [0.5, 0.6) is 0 Å². The molecule has 0 aromatic heterocycles. The Morgan fingerprint density at radius 3 is 2.82 bits per heavy atom. The van der Waals surface area contributed by atoms with Gasteiger partial charge >= 0.3 is 0 Å². The Bertz CT molecular complexity index is 434. The Morgan fingerprint density at radius 2 is 2.09 bits per heavy atom. The van der Waals surface area contributed by atoms with Crippen LogP contribution in [0.2, 0.25) is 0 Å². The Hall–Kier alpha value is -0.850. The Labute approximate surface area is 137 Å². The summed E-state index contributed by atoms with van der Waals surface area (Å²) in [6.45, 7) is 2.23. The summed E-state index contributed by atoms with van der Waals surface area (Å²) in [5.74, 6) is 0.215. The molecule has 0 bridgehead atoms. The van der Waals surface area contributed by atoms with Crippen molar-refractivity contribution in [1.29, 1.82) is 0 Å². The van der Waals surface area contributed by atoms with Crippen molar-refractivity contribution < 1.29 is 14.3 Å². The second kappa shape index (κ2) is 7.15. The van der Waals surface area contributed by atoms with Crippen molar-refractivity contribution in [2.24, 2.45) is 17.1 Å². The van der Waals surface area contributed by atoms with Crippen LogP contribution >= 0.6 is 12.4 Å². The minimum Gasteiger partial charge on any atom is -0.367 e. The number of hydrogen-bond donors (Lipinski definition) is 3. The number of amides is 2. The Kier molecular flexibility index (Phi) is 5.69. The highest BCUT2D eigenvalue weighted by molar-refractivity contribution is 5.85. The highest BCUT2D eigenvalue weighted by Crippen LogP contribution is 2.43. The summed E-state index contributed by atoms with van der Waals surface area (Å²) in [6, 6.07) is 0. The third-order valence-electron chi connectivity index (χ3n) is 5.41. The normalized spacial score (nSPS) is 37.2. The molecule has 0 aromatic carbocycles. The Morgan fingerprint density at radius 1 is 1.27 bits per heavy atom. The molecule has 4 N–H and O–H groups in total. The number of primary amides is 1. The average Bonchev–Trinajstić information content (AvgIpc) is 3.12. The summed E-state index contributed by atoms with van der Waals surface area (Å²) >= 11 is 0. The van der Waals surface area contributed by atoms with Crippen molar-refractivity contribution in [3.8, 4) is 0 Å². The van der Waals surface area contributed by atoms with E-state index in [2.05, 4.69) is 10.6 Å². The van der Waals surface area contributed by atoms with E-state index in [4.69, 9.17) is 10.5 Å². The third kappa shape index (κ3) is 3.24. The van der Waals surface area contributed by atoms with E-state index in [0.717, 1.165) is 38.8 Å². The van der Waals surface area contributed by atoms with Crippen LogP contribution in [0.3, 0.4) is 0 Å². The first kappa shape index (κ1) is 17.5. The van der Waals surface area contributed by atoms with Crippen LogP contribution in [-0.2, 0) is 14.3 Å². The number of halogens is 1. The number of ether oxygens (including phenoxy) is 1. The fraction of sp³-hybridized carbons (Fsp3) is 0.867. The summed E-state index contributed by atoms with van der Waals surface area (Å²) in [5.41, 5.74) is 5.02. The molecule has 4 atom stereocenters. The maximum absolute atomic E-state index is 12.7. The molecule has 2 saturated heterocycles. The summed E-state index contributed by atoms with van der Waals surface area (Å²) < 4.78 is 5.56. The van der Waals surface area contributed by atoms with Crippen LogP contribution in [0.4, 0.5) is 0 Å². The molecule has 0 radical (unpaired) electrons. The quantitative estimate of drug-likeness (QED) is 0.692. The van der Waals surface area contributed by atoms with Crippen molar-refractivity contribution in [2.75, 3.05) is 19.6 Å². The van der Waals surface area contributed by atoms with E-state index in [1.807, 2.05) is 0 Å². The molecule has 6 nitrogen and oxygen atoms in total. The van der Waals surface area contributed by atoms with E-state index in [1.165, 1.54) is 6.42 Å². The molecule has 22 heavy (non-hydrogen) atoms. The van der Waals surface area contributed by atoms with Crippen LogP contribution < -0.4 is 16.4 Å².